The van der Waals surface area contributed by atoms with Crippen LogP contribution in [-0.2, 0) is 23.9 Å². The van der Waals surface area contributed by atoms with Crippen molar-refractivity contribution >= 4 is 17.8 Å². The Kier molecular flexibility index (Phi) is 14.2. The van der Waals surface area contributed by atoms with Crippen LogP contribution in [0, 0.1) is 11.8 Å². The molecule has 2 heterocycles. The predicted octanol–water partition coefficient (Wildman–Crippen LogP) is 2.72. The fourth-order valence-electron chi connectivity index (χ4n) is 5.21. The summed E-state index contributed by atoms with van der Waals surface area (Å²) in [5, 5.41) is 15.8. The second-order valence-corrected chi connectivity index (χ2v) is 10.4. The van der Waals surface area contributed by atoms with Gasteiger partial charge in [0, 0.05) is 19.5 Å². The van der Waals surface area contributed by atoms with Gasteiger partial charge < -0.3 is 34.9 Å². The first-order chi connectivity index (χ1) is 19.5. The molecule has 1 aromatic rings. The third-order valence-corrected chi connectivity index (χ3v) is 7.42. The lowest BCUT2D eigenvalue weighted by atomic mass is 9.92. The Labute approximate surface area is 235 Å². The number of ether oxygens (including phenoxy) is 3. The Hall–Kier alpha value is -2.76. The van der Waals surface area contributed by atoms with E-state index in [0.717, 1.165) is 38.8 Å². The highest BCUT2D eigenvalue weighted by atomic mass is 19.1. The van der Waals surface area contributed by atoms with Gasteiger partial charge in [-0.3, -0.25) is 14.4 Å². The molecule has 2 atom stereocenters. The molecule has 0 saturated carbocycles. The van der Waals surface area contributed by atoms with E-state index in [1.807, 2.05) is 0 Å². The Bertz CT molecular complexity index is 929. The highest BCUT2D eigenvalue weighted by Gasteiger charge is 2.30. The van der Waals surface area contributed by atoms with Gasteiger partial charge in [-0.1, -0.05) is 12.1 Å². The maximum Gasteiger partial charge on any atom is 0.305 e. The van der Waals surface area contributed by atoms with Crippen molar-refractivity contribution in [2.75, 3.05) is 65.9 Å². The second-order valence-electron chi connectivity index (χ2n) is 10.4. The van der Waals surface area contributed by atoms with Gasteiger partial charge >= 0.3 is 5.97 Å². The van der Waals surface area contributed by atoms with Gasteiger partial charge in [0.05, 0.1) is 44.8 Å². The zero-order valence-electron chi connectivity index (χ0n) is 23.3. The van der Waals surface area contributed by atoms with E-state index in [1.54, 1.807) is 29.2 Å². The van der Waals surface area contributed by atoms with Crippen LogP contribution < -0.4 is 15.4 Å². The molecular formula is C29H44FN3O7. The molecule has 40 heavy (non-hydrogen) atoms. The number of hydrogen-bond donors (Lipinski definition) is 3. The maximum absolute atomic E-state index is 13.2. The monoisotopic (exact) mass is 565 g/mol. The fraction of sp³-hybridized carbons (Fsp3) is 0.690. The number of aliphatic carboxylic acids is 1. The number of hydrogen-bond acceptors (Lipinski definition) is 7. The highest BCUT2D eigenvalue weighted by Crippen LogP contribution is 2.25. The highest BCUT2D eigenvalue weighted by molar-refractivity contribution is 5.82. The lowest BCUT2D eigenvalue weighted by molar-refractivity contribution is -0.138. The van der Waals surface area contributed by atoms with Crippen LogP contribution in [0.1, 0.15) is 56.6 Å². The zero-order valence-corrected chi connectivity index (χ0v) is 23.3. The number of nitrogens with zero attached hydrogens (tertiary/aromatic N) is 1. The summed E-state index contributed by atoms with van der Waals surface area (Å²) < 4.78 is 28.1. The van der Waals surface area contributed by atoms with Crippen molar-refractivity contribution in [2.45, 2.75) is 51.0 Å². The topological polar surface area (TPSA) is 126 Å². The standard InChI is InChI=1S/C29H44FN3O7/c30-10-14-38-15-16-39-17-18-40-25-5-1-3-23(19-25)26(20-28(35)36)32-29(37)24-4-2-13-33(21-24)27(34)7-6-22-8-11-31-12-9-22/h1,3,5,19,22,24,26,31H,2,4,6-18,20-21H2,(H,32,37)(H,35,36)/t24-,26+/m1/s1. The quantitative estimate of drug-likeness (QED) is 0.246. The number of carbonyl (C=O) groups excluding carboxylic acids is 2. The summed E-state index contributed by atoms with van der Waals surface area (Å²) in [7, 11) is 0. The molecule has 10 nitrogen and oxygen atoms in total. The minimum Gasteiger partial charge on any atom is -0.491 e. The number of carboxylic acids is 1. The number of nitrogens with one attached hydrogen (secondary N) is 2. The van der Waals surface area contributed by atoms with Crippen LogP contribution in [0.5, 0.6) is 5.75 Å². The van der Waals surface area contributed by atoms with Gasteiger partial charge in [0.1, 0.15) is 19.0 Å². The molecule has 3 rings (SSSR count). The normalized spacial score (nSPS) is 18.7. The van der Waals surface area contributed by atoms with Crippen LogP contribution in [0.25, 0.3) is 0 Å². The molecule has 2 saturated heterocycles. The Morgan fingerprint density at radius 1 is 1.07 bits per heavy atom. The Morgan fingerprint density at radius 3 is 2.58 bits per heavy atom. The van der Waals surface area contributed by atoms with E-state index in [4.69, 9.17) is 14.2 Å². The van der Waals surface area contributed by atoms with E-state index < -0.39 is 18.7 Å². The number of likely N-dealkylation sites (tertiary alicyclic amines) is 1. The molecule has 2 aliphatic rings. The number of carbonyl (C=O) groups is 3. The number of halogens is 1. The minimum atomic E-state index is -1.03. The number of carboxylic acid groups (broad SMARTS) is 1. The smallest absolute Gasteiger partial charge is 0.305 e. The largest absolute Gasteiger partial charge is 0.491 e. The molecule has 0 bridgehead atoms. The van der Waals surface area contributed by atoms with Crippen LogP contribution in [0.2, 0.25) is 0 Å². The lowest BCUT2D eigenvalue weighted by Gasteiger charge is -2.33. The van der Waals surface area contributed by atoms with Crippen LogP contribution in [-0.4, -0.2) is 93.7 Å². The Morgan fingerprint density at radius 2 is 1.82 bits per heavy atom. The SMILES string of the molecule is O=C(O)C[C@H](NC(=O)[C@@H]1CCCN(C(=O)CCC2CCNCC2)C1)c1cccc(OCCOCCOCCF)c1. The van der Waals surface area contributed by atoms with E-state index in [0.29, 0.717) is 63.0 Å². The van der Waals surface area contributed by atoms with Gasteiger partial charge in [-0.05, 0) is 68.8 Å². The predicted molar refractivity (Wildman–Crippen MR) is 147 cm³/mol. The third kappa shape index (κ3) is 11.4. The van der Waals surface area contributed by atoms with Crippen LogP contribution in [0.4, 0.5) is 4.39 Å². The molecule has 11 heteroatoms. The molecular weight excluding hydrogens is 521 g/mol. The molecule has 0 radical (unpaired) electrons. The number of amides is 2. The van der Waals surface area contributed by atoms with Crippen molar-refractivity contribution < 1.29 is 38.1 Å². The summed E-state index contributed by atoms with van der Waals surface area (Å²) in [5.41, 5.74) is 0.625. The molecule has 3 N–H and O–H groups in total. The van der Waals surface area contributed by atoms with Gasteiger partial charge in [0.2, 0.25) is 11.8 Å². The average molecular weight is 566 g/mol. The van der Waals surface area contributed by atoms with Crippen molar-refractivity contribution in [3.63, 3.8) is 0 Å². The average Bonchev–Trinajstić information content (AvgIpc) is 2.97. The van der Waals surface area contributed by atoms with Gasteiger partial charge in [-0.25, -0.2) is 4.39 Å². The van der Waals surface area contributed by atoms with E-state index in [1.165, 1.54) is 0 Å². The van der Waals surface area contributed by atoms with E-state index in [-0.39, 0.29) is 37.4 Å². The molecule has 1 aromatic carbocycles. The number of piperidine rings is 2. The first-order valence-corrected chi connectivity index (χ1v) is 14.4. The summed E-state index contributed by atoms with van der Waals surface area (Å²) in [6, 6.07) is 6.25. The van der Waals surface area contributed by atoms with E-state index in [2.05, 4.69) is 10.6 Å². The summed E-state index contributed by atoms with van der Waals surface area (Å²) in [5.74, 6) is -0.443. The number of benzene rings is 1. The minimum absolute atomic E-state index is 0.0520. The number of alkyl halides is 1. The maximum atomic E-state index is 13.2. The zero-order chi connectivity index (χ0) is 28.6. The van der Waals surface area contributed by atoms with Crippen LogP contribution >= 0.6 is 0 Å². The van der Waals surface area contributed by atoms with Gasteiger partial charge in [0.25, 0.3) is 0 Å². The van der Waals surface area contributed by atoms with Crippen molar-refractivity contribution in [1.82, 2.24) is 15.5 Å². The van der Waals surface area contributed by atoms with Crippen LogP contribution in [0.15, 0.2) is 24.3 Å². The van der Waals surface area contributed by atoms with Gasteiger partial charge in [-0.15, -0.1) is 0 Å². The summed E-state index contributed by atoms with van der Waals surface area (Å²) >= 11 is 0. The van der Waals surface area contributed by atoms with Gasteiger partial charge in [-0.2, -0.15) is 0 Å². The molecule has 2 aliphatic heterocycles. The molecule has 0 aromatic heterocycles. The van der Waals surface area contributed by atoms with Crippen LogP contribution in [0.3, 0.4) is 0 Å². The van der Waals surface area contributed by atoms with Gasteiger partial charge in [0.15, 0.2) is 0 Å². The molecule has 0 unspecified atom stereocenters. The molecule has 0 aliphatic carbocycles. The van der Waals surface area contributed by atoms with Crippen molar-refractivity contribution in [2.24, 2.45) is 11.8 Å². The van der Waals surface area contributed by atoms with Crippen molar-refractivity contribution in [3.05, 3.63) is 29.8 Å². The second kappa shape index (κ2) is 17.8. The molecule has 2 fully saturated rings. The fourth-order valence-corrected chi connectivity index (χ4v) is 5.21. The third-order valence-electron chi connectivity index (χ3n) is 7.42. The molecule has 0 spiro atoms. The van der Waals surface area contributed by atoms with Crippen molar-refractivity contribution in [3.8, 4) is 5.75 Å². The summed E-state index contributed by atoms with van der Waals surface area (Å²) in [4.78, 5) is 39.5. The first-order valence-electron chi connectivity index (χ1n) is 14.4. The van der Waals surface area contributed by atoms with E-state index in [9.17, 15) is 23.9 Å². The summed E-state index contributed by atoms with van der Waals surface area (Å²) in [6.45, 7) is 3.77. The molecule has 224 valence electrons. The number of rotatable bonds is 17. The Balaban J connectivity index is 1.49. The molecule has 2 amide bonds. The lowest BCUT2D eigenvalue weighted by Crippen LogP contribution is -2.46. The first kappa shape index (κ1) is 31.8. The van der Waals surface area contributed by atoms with Crippen molar-refractivity contribution in [1.29, 1.82) is 0 Å². The summed E-state index contributed by atoms with van der Waals surface area (Å²) in [6.07, 6.45) is 4.71. The van der Waals surface area contributed by atoms with E-state index >= 15 is 0 Å².